The Labute approximate surface area is 110 Å². The van der Waals surface area contributed by atoms with Gasteiger partial charge in [0.05, 0.1) is 0 Å². The number of hydrogen-bond acceptors (Lipinski definition) is 10. The van der Waals surface area contributed by atoms with Gasteiger partial charge in [-0.1, -0.05) is 0 Å². The van der Waals surface area contributed by atoms with Crippen LogP contribution in [0.2, 0.25) is 0 Å². The number of rotatable bonds is 4. The van der Waals surface area contributed by atoms with E-state index in [4.69, 9.17) is 0 Å². The molecule has 0 aromatic heterocycles. The molecule has 0 bridgehead atoms. The molecule has 0 aliphatic heterocycles. The SMILES string of the molecule is O=S(=O)([O-])OS(=O)(=O)OS(=O)(=O)[O-].[Li+].[Li+]. The van der Waals surface area contributed by atoms with E-state index in [1.807, 2.05) is 0 Å². The summed E-state index contributed by atoms with van der Waals surface area (Å²) in [5, 5.41) is 0. The molecule has 10 nitrogen and oxygen atoms in total. The van der Waals surface area contributed by atoms with Crippen LogP contribution < -0.4 is 37.7 Å². The molecular weight excluding hydrogens is 270 g/mol. The van der Waals surface area contributed by atoms with E-state index in [1.165, 1.54) is 0 Å². The Balaban J connectivity index is -0.000000720. The molecule has 80 valence electrons. The van der Waals surface area contributed by atoms with E-state index >= 15 is 0 Å². The summed E-state index contributed by atoms with van der Waals surface area (Å²) in [4.78, 5) is 0. The molecule has 0 aromatic carbocycles. The molecule has 15 heavy (non-hydrogen) atoms. The van der Waals surface area contributed by atoms with E-state index in [1.54, 1.807) is 0 Å². The van der Waals surface area contributed by atoms with Crippen LogP contribution in [0.3, 0.4) is 0 Å². The van der Waals surface area contributed by atoms with Gasteiger partial charge in [-0.25, -0.2) is 16.8 Å². The fraction of sp³-hybridized carbons (Fsp3) is 0. The third-order valence-electron chi connectivity index (χ3n) is 0.333. The van der Waals surface area contributed by atoms with Gasteiger partial charge in [-0.3, -0.25) is 0 Å². The smallest absolute Gasteiger partial charge is 0.725 e. The summed E-state index contributed by atoms with van der Waals surface area (Å²) in [6.45, 7) is 0. The van der Waals surface area contributed by atoms with Crippen LogP contribution in [0.4, 0.5) is 0 Å². The molecule has 0 atom stereocenters. The average Bonchev–Trinajstić information content (AvgIpc) is 1.43. The Kier molecular flexibility index (Phi) is 9.30. The molecule has 0 aliphatic rings. The van der Waals surface area contributed by atoms with Crippen LogP contribution in [0.5, 0.6) is 0 Å². The summed E-state index contributed by atoms with van der Waals surface area (Å²) in [5.41, 5.74) is 0. The summed E-state index contributed by atoms with van der Waals surface area (Å²) in [6.07, 6.45) is 0. The van der Waals surface area contributed by atoms with E-state index in [0.29, 0.717) is 0 Å². The van der Waals surface area contributed by atoms with E-state index in [-0.39, 0.29) is 37.7 Å². The molecule has 0 radical (unpaired) electrons. The summed E-state index contributed by atoms with van der Waals surface area (Å²) in [7, 11) is -17.1. The predicted molar refractivity (Wildman–Crippen MR) is 30.5 cm³/mol. The average molecular weight is 270 g/mol. The van der Waals surface area contributed by atoms with Crippen molar-refractivity contribution in [2.24, 2.45) is 0 Å². The van der Waals surface area contributed by atoms with Gasteiger partial charge in [-0.05, 0) is 0 Å². The molecule has 0 aliphatic carbocycles. The second-order valence-electron chi connectivity index (χ2n) is 1.36. The van der Waals surface area contributed by atoms with Gasteiger partial charge in [0, 0.05) is 0 Å². The van der Waals surface area contributed by atoms with Crippen LogP contribution in [-0.4, -0.2) is 34.4 Å². The van der Waals surface area contributed by atoms with Crippen LogP contribution in [0.1, 0.15) is 0 Å². The van der Waals surface area contributed by atoms with E-state index in [0.717, 1.165) is 0 Å². The van der Waals surface area contributed by atoms with E-state index < -0.39 is 31.2 Å². The molecule has 0 rings (SSSR count). The van der Waals surface area contributed by atoms with Gasteiger partial charge < -0.3 is 9.11 Å². The predicted octanol–water partition coefficient (Wildman–Crippen LogP) is -8.81. The van der Waals surface area contributed by atoms with Crippen LogP contribution in [0.15, 0.2) is 0 Å². The van der Waals surface area contributed by atoms with Crippen molar-refractivity contribution in [3.8, 4) is 0 Å². The van der Waals surface area contributed by atoms with Crippen LogP contribution in [0.25, 0.3) is 0 Å². The zero-order chi connectivity index (χ0) is 10.9. The fourth-order valence-electron chi connectivity index (χ4n) is 0.215. The van der Waals surface area contributed by atoms with Crippen molar-refractivity contribution in [3.05, 3.63) is 0 Å². The zero-order valence-corrected chi connectivity index (χ0v) is 9.76. The maximum absolute atomic E-state index is 10.1. The largest absolute Gasteiger partial charge is 1.00 e. The standard InChI is InChI=1S/2Li.H2O10S3/c;;1-11(2,3)9-13(7,8)10-12(4,5)6/h;;(H,1,2,3)(H,4,5,6)/q2*+1;/p-2. The Morgan fingerprint density at radius 1 is 0.667 bits per heavy atom. The first-order valence-electron chi connectivity index (χ1n) is 2.00. The van der Waals surface area contributed by atoms with Crippen molar-refractivity contribution in [1.82, 2.24) is 0 Å². The molecular formula is Li2O10S3. The van der Waals surface area contributed by atoms with Crippen LogP contribution in [0, 0.1) is 0 Å². The third-order valence-corrected chi connectivity index (χ3v) is 3.00. The molecule has 0 heterocycles. The zero-order valence-electron chi connectivity index (χ0n) is 7.31. The second kappa shape index (κ2) is 6.58. The fourth-order valence-corrected chi connectivity index (χ4v) is 2.14. The molecule has 0 aromatic rings. The molecule has 15 heteroatoms. The van der Waals surface area contributed by atoms with Crippen molar-refractivity contribution in [1.29, 1.82) is 0 Å². The minimum absolute atomic E-state index is 0. The van der Waals surface area contributed by atoms with Gasteiger partial charge in [0.15, 0.2) is 0 Å². The van der Waals surface area contributed by atoms with E-state index in [2.05, 4.69) is 7.26 Å². The maximum Gasteiger partial charge on any atom is 1.00 e. The molecule has 0 spiro atoms. The Morgan fingerprint density at radius 3 is 1.00 bits per heavy atom. The van der Waals surface area contributed by atoms with Crippen LogP contribution >= 0.6 is 0 Å². The summed E-state index contributed by atoms with van der Waals surface area (Å²) < 4.78 is 82.9. The Bertz CT molecular complexity index is 423. The van der Waals surface area contributed by atoms with Gasteiger partial charge in [0.2, 0.25) is 20.8 Å². The Morgan fingerprint density at radius 2 is 0.867 bits per heavy atom. The van der Waals surface area contributed by atoms with Crippen molar-refractivity contribution >= 4 is 31.2 Å². The van der Waals surface area contributed by atoms with Crippen molar-refractivity contribution in [2.75, 3.05) is 0 Å². The van der Waals surface area contributed by atoms with Crippen LogP contribution in [-0.2, 0) is 38.5 Å². The summed E-state index contributed by atoms with van der Waals surface area (Å²) in [5.74, 6) is 0. The second-order valence-corrected chi connectivity index (χ2v) is 4.90. The number of hydrogen-bond donors (Lipinski definition) is 0. The third kappa shape index (κ3) is 14.9. The molecule has 0 amide bonds. The van der Waals surface area contributed by atoms with Gasteiger partial charge in [-0.15, -0.1) is 7.26 Å². The molecule has 0 unspecified atom stereocenters. The van der Waals surface area contributed by atoms with Gasteiger partial charge in [0.1, 0.15) is 0 Å². The molecule has 0 N–H and O–H groups in total. The van der Waals surface area contributed by atoms with Crippen molar-refractivity contribution in [3.63, 3.8) is 0 Å². The van der Waals surface area contributed by atoms with Crippen molar-refractivity contribution in [2.45, 2.75) is 0 Å². The first-order chi connectivity index (χ1) is 5.41. The monoisotopic (exact) mass is 270 g/mol. The van der Waals surface area contributed by atoms with Gasteiger partial charge in [0.25, 0.3) is 0 Å². The summed E-state index contributed by atoms with van der Waals surface area (Å²) >= 11 is 0. The minimum atomic E-state index is -5.72. The first-order valence-corrected chi connectivity index (χ1v) is 6.00. The molecule has 0 saturated carbocycles. The summed E-state index contributed by atoms with van der Waals surface area (Å²) in [6, 6.07) is 0. The van der Waals surface area contributed by atoms with Gasteiger partial charge in [-0.2, -0.15) is 8.42 Å². The maximum atomic E-state index is 10.1. The molecule has 0 saturated heterocycles. The van der Waals surface area contributed by atoms with Gasteiger partial charge >= 0.3 is 48.1 Å². The Hall–Kier alpha value is 0.885. The quantitative estimate of drug-likeness (QED) is 0.271. The normalized spacial score (nSPS) is 12.4. The first kappa shape index (κ1) is 21.2. The van der Waals surface area contributed by atoms with E-state index in [9.17, 15) is 34.4 Å². The minimum Gasteiger partial charge on any atom is -0.725 e. The topological polar surface area (TPSA) is 167 Å². The molecule has 0 fully saturated rings. The van der Waals surface area contributed by atoms with Crippen molar-refractivity contribution < 1.29 is 79.3 Å².